The number of aromatic nitrogens is 2. The van der Waals surface area contributed by atoms with Gasteiger partial charge in [0.25, 0.3) is 11.8 Å². The number of hydrogen-bond donors (Lipinski definition) is 5. The molecule has 0 radical (unpaired) electrons. The molecule has 0 bridgehead atoms. The molecule has 1 saturated heterocycles. The maximum Gasteiger partial charge on any atom is 0.289 e. The number of H-pyrrole nitrogens is 1. The summed E-state index contributed by atoms with van der Waals surface area (Å²) in [5.41, 5.74) is -0.696. The first kappa shape index (κ1) is 37.8. The van der Waals surface area contributed by atoms with Crippen LogP contribution in [0.5, 0.6) is 0 Å². The monoisotopic (exact) mass is 715 g/mol. The molecule has 1 aromatic rings. The molecule has 0 unspecified atom stereocenters. The SMILES string of the molecule is CCC[C@H](NC(=O)[C@@H]1C[C@@H]2CCCC[C@@H]2N1C(=O)[C@@H](NC(=O)[C@@H](NC(=O)c1[nH]ncc1Cl)C1CCCCC1)C(C)(C)C)C(=O)C(=O)NC1CC1. The van der Waals surface area contributed by atoms with E-state index < -0.39 is 59.0 Å². The second-order valence-electron chi connectivity index (χ2n) is 15.8. The van der Waals surface area contributed by atoms with Crippen LogP contribution >= 0.6 is 11.6 Å². The van der Waals surface area contributed by atoms with Crippen LogP contribution < -0.4 is 21.3 Å². The van der Waals surface area contributed by atoms with E-state index in [1.807, 2.05) is 27.7 Å². The molecule has 1 aliphatic heterocycles. The fraction of sp³-hybridized carbons (Fsp3) is 0.750. The van der Waals surface area contributed by atoms with Gasteiger partial charge in [-0.3, -0.25) is 33.9 Å². The molecule has 6 atom stereocenters. The number of carbonyl (C=O) groups is 6. The van der Waals surface area contributed by atoms with Gasteiger partial charge >= 0.3 is 0 Å². The summed E-state index contributed by atoms with van der Waals surface area (Å²) in [5.74, 6) is -3.24. The quantitative estimate of drug-likeness (QED) is 0.194. The van der Waals surface area contributed by atoms with Crippen molar-refractivity contribution in [1.29, 1.82) is 0 Å². The lowest BCUT2D eigenvalue weighted by molar-refractivity contribution is -0.147. The zero-order valence-corrected chi connectivity index (χ0v) is 30.6. The van der Waals surface area contributed by atoms with E-state index in [0.717, 1.165) is 70.6 Å². The summed E-state index contributed by atoms with van der Waals surface area (Å²) >= 11 is 6.16. The fourth-order valence-corrected chi connectivity index (χ4v) is 8.19. The van der Waals surface area contributed by atoms with Gasteiger partial charge in [-0.25, -0.2) is 0 Å². The first-order valence-corrected chi connectivity index (χ1v) is 18.9. The minimum atomic E-state index is -1.01. The number of amides is 5. The number of carbonyl (C=O) groups excluding carboxylic acids is 6. The Bertz CT molecular complexity index is 1430. The molecule has 276 valence electrons. The highest BCUT2D eigenvalue weighted by molar-refractivity contribution is 6.38. The smallest absolute Gasteiger partial charge is 0.289 e. The summed E-state index contributed by atoms with van der Waals surface area (Å²) in [6.45, 7) is 7.49. The number of hydrogen-bond acceptors (Lipinski definition) is 7. The van der Waals surface area contributed by atoms with Gasteiger partial charge in [0.1, 0.15) is 23.8 Å². The van der Waals surface area contributed by atoms with Gasteiger partial charge in [-0.2, -0.15) is 5.10 Å². The lowest BCUT2D eigenvalue weighted by Gasteiger charge is -2.40. The summed E-state index contributed by atoms with van der Waals surface area (Å²) < 4.78 is 0. The number of likely N-dealkylation sites (tertiary alicyclic amines) is 1. The lowest BCUT2D eigenvalue weighted by Crippen LogP contribution is -2.63. The van der Waals surface area contributed by atoms with E-state index in [1.165, 1.54) is 6.20 Å². The van der Waals surface area contributed by atoms with Gasteiger partial charge in [0.2, 0.25) is 23.5 Å². The molecule has 50 heavy (non-hydrogen) atoms. The number of fused-ring (bicyclic) bond motifs is 1. The third-order valence-corrected chi connectivity index (χ3v) is 11.2. The van der Waals surface area contributed by atoms with Gasteiger partial charge in [-0.1, -0.05) is 77.8 Å². The Kier molecular flexibility index (Phi) is 12.3. The van der Waals surface area contributed by atoms with Gasteiger partial charge < -0.3 is 26.2 Å². The molecule has 4 fully saturated rings. The van der Waals surface area contributed by atoms with Crippen LogP contribution in [-0.4, -0.2) is 86.7 Å². The maximum absolute atomic E-state index is 14.8. The van der Waals surface area contributed by atoms with Crippen LogP contribution in [0.2, 0.25) is 5.02 Å². The van der Waals surface area contributed by atoms with E-state index in [9.17, 15) is 28.8 Å². The number of ketones is 1. The van der Waals surface area contributed by atoms with Crippen LogP contribution in [0, 0.1) is 17.3 Å². The zero-order chi connectivity index (χ0) is 36.2. The molecule has 14 heteroatoms. The molecule has 2 heterocycles. The van der Waals surface area contributed by atoms with E-state index in [1.54, 1.807) is 4.90 Å². The normalized spacial score (nSPS) is 24.3. The molecule has 3 aliphatic carbocycles. The highest BCUT2D eigenvalue weighted by Gasteiger charge is 2.51. The molecule has 5 amide bonds. The number of halogens is 1. The molecule has 13 nitrogen and oxygen atoms in total. The largest absolute Gasteiger partial charge is 0.347 e. The topological polar surface area (TPSA) is 182 Å². The third-order valence-electron chi connectivity index (χ3n) is 10.9. The molecule has 5 N–H and O–H groups in total. The zero-order valence-electron chi connectivity index (χ0n) is 29.8. The van der Waals surface area contributed by atoms with Crippen molar-refractivity contribution in [2.45, 2.75) is 154 Å². The van der Waals surface area contributed by atoms with E-state index >= 15 is 0 Å². The van der Waals surface area contributed by atoms with Crippen molar-refractivity contribution in [2.75, 3.05) is 0 Å². The Morgan fingerprint density at radius 3 is 2.24 bits per heavy atom. The minimum Gasteiger partial charge on any atom is -0.347 e. The number of Topliss-reactive ketones (excluding diaryl/α,β-unsaturated/α-hetero) is 1. The second-order valence-corrected chi connectivity index (χ2v) is 16.2. The highest BCUT2D eigenvalue weighted by Crippen LogP contribution is 2.41. The average molecular weight is 716 g/mol. The van der Waals surface area contributed by atoms with E-state index in [-0.39, 0.29) is 40.5 Å². The summed E-state index contributed by atoms with van der Waals surface area (Å²) in [5, 5.41) is 18.0. The molecule has 3 saturated carbocycles. The van der Waals surface area contributed by atoms with Crippen LogP contribution in [0.4, 0.5) is 0 Å². The number of aromatic amines is 1. The first-order chi connectivity index (χ1) is 23.8. The van der Waals surface area contributed by atoms with Crippen molar-refractivity contribution in [3.05, 3.63) is 16.9 Å². The van der Waals surface area contributed by atoms with Gasteiger partial charge in [-0.15, -0.1) is 0 Å². The Balaban J connectivity index is 1.38. The lowest BCUT2D eigenvalue weighted by atomic mass is 9.81. The van der Waals surface area contributed by atoms with Crippen LogP contribution in [0.15, 0.2) is 6.20 Å². The van der Waals surface area contributed by atoms with Crippen LogP contribution in [0.1, 0.15) is 128 Å². The third kappa shape index (κ3) is 8.87. The molecule has 5 rings (SSSR count). The Hall–Kier alpha value is -3.48. The van der Waals surface area contributed by atoms with Crippen molar-refractivity contribution in [2.24, 2.45) is 17.3 Å². The first-order valence-electron chi connectivity index (χ1n) is 18.6. The van der Waals surface area contributed by atoms with Crippen molar-refractivity contribution in [1.82, 2.24) is 36.4 Å². The average Bonchev–Trinajstić information content (AvgIpc) is 3.65. The Morgan fingerprint density at radius 1 is 0.940 bits per heavy atom. The van der Waals surface area contributed by atoms with Crippen LogP contribution in [0.3, 0.4) is 0 Å². The van der Waals surface area contributed by atoms with Gasteiger partial charge in [0, 0.05) is 12.1 Å². The predicted molar refractivity (Wildman–Crippen MR) is 187 cm³/mol. The van der Waals surface area contributed by atoms with Gasteiger partial charge in [0.15, 0.2) is 0 Å². The van der Waals surface area contributed by atoms with Crippen molar-refractivity contribution < 1.29 is 28.8 Å². The summed E-state index contributed by atoms with van der Waals surface area (Å²) in [4.78, 5) is 83.8. The van der Waals surface area contributed by atoms with E-state index in [0.29, 0.717) is 19.3 Å². The molecule has 1 aromatic heterocycles. The second kappa shape index (κ2) is 16.2. The summed E-state index contributed by atoms with van der Waals surface area (Å²) in [6.07, 6.45) is 12.2. The van der Waals surface area contributed by atoms with E-state index in [2.05, 4.69) is 31.5 Å². The molecule has 0 aromatic carbocycles. The van der Waals surface area contributed by atoms with Crippen molar-refractivity contribution >= 4 is 46.9 Å². The Labute approximate surface area is 299 Å². The molecular weight excluding hydrogens is 662 g/mol. The van der Waals surface area contributed by atoms with Gasteiger partial charge in [0.05, 0.1) is 17.3 Å². The maximum atomic E-state index is 14.8. The van der Waals surface area contributed by atoms with E-state index in [4.69, 9.17) is 11.6 Å². The van der Waals surface area contributed by atoms with Crippen molar-refractivity contribution in [3.8, 4) is 0 Å². The fourth-order valence-electron chi connectivity index (χ4n) is 8.02. The molecule has 4 aliphatic rings. The highest BCUT2D eigenvalue weighted by atomic mass is 35.5. The van der Waals surface area contributed by atoms with Gasteiger partial charge in [-0.05, 0) is 68.6 Å². The number of nitrogens with zero attached hydrogens (tertiary/aromatic N) is 2. The number of rotatable bonds is 13. The standard InChI is InChI=1S/C36H54ClN7O6/c1-5-11-24(29(45)34(49)39-22-16-17-22)40-31(46)26-18-21-14-9-10-15-25(21)44(26)35(50)30(36(2,3)4)42-32(47)27(20-12-7-6-8-13-20)41-33(48)28-23(37)19-38-43-28/h19-22,24-27,30H,5-18H2,1-4H3,(H,38,43)(H,39,49)(H,40,46)(H,41,48)(H,42,47)/t21-,24-,25-,26-,27-,30+/m0/s1. The van der Waals surface area contributed by atoms with Crippen LogP contribution in [-0.2, 0) is 24.0 Å². The summed E-state index contributed by atoms with van der Waals surface area (Å²) in [7, 11) is 0. The van der Waals surface area contributed by atoms with Crippen molar-refractivity contribution in [3.63, 3.8) is 0 Å². The number of nitrogens with one attached hydrogen (secondary N) is 5. The predicted octanol–water partition coefficient (Wildman–Crippen LogP) is 3.57. The van der Waals surface area contributed by atoms with Crippen LogP contribution in [0.25, 0.3) is 0 Å². The molecular formula is C36H54ClN7O6. The molecule has 0 spiro atoms. The summed E-state index contributed by atoms with van der Waals surface area (Å²) in [6, 6.07) is -3.96. The minimum absolute atomic E-state index is 0.00866. The Morgan fingerprint density at radius 2 is 1.62 bits per heavy atom.